The minimum Gasteiger partial charge on any atom is -0.272 e. The topological polar surface area (TPSA) is 38.3 Å². The average Bonchev–Trinajstić information content (AvgIpc) is 2.34. The number of fused-ring (bicyclic) bond motifs is 1. The van der Waals surface area contributed by atoms with Gasteiger partial charge in [0, 0.05) is 0 Å². The number of amides is 1. The van der Waals surface area contributed by atoms with Gasteiger partial charge in [-0.05, 0) is 19.3 Å². The summed E-state index contributed by atoms with van der Waals surface area (Å²) >= 11 is 0. The van der Waals surface area contributed by atoms with E-state index >= 15 is 0 Å². The monoisotopic (exact) mass is 159 g/mol. The molecule has 0 aromatic heterocycles. The number of alkyl halides is 1. The summed E-state index contributed by atoms with van der Waals surface area (Å²) in [5.41, 5.74) is 2.21. The molecule has 0 radical (unpaired) electrons. The first kappa shape index (κ1) is 7.03. The Morgan fingerprint density at radius 3 is 3.09 bits per heavy atom. The highest BCUT2D eigenvalue weighted by molar-refractivity contribution is 5.80. The zero-order valence-corrected chi connectivity index (χ0v) is 6.05. The van der Waals surface area contributed by atoms with E-state index in [1.807, 2.05) is 0 Å². The fraction of sp³-hybridized carbons (Fsp3) is 0.857. The highest BCUT2D eigenvalue weighted by Gasteiger charge is 2.44. The molecule has 11 heavy (non-hydrogen) atoms. The van der Waals surface area contributed by atoms with E-state index in [0.29, 0.717) is 6.42 Å². The molecule has 2 aliphatic rings. The molecular formula is C7H10FNO2. The van der Waals surface area contributed by atoms with Gasteiger partial charge in [0.05, 0.1) is 12.0 Å². The molecule has 0 bridgehead atoms. The van der Waals surface area contributed by atoms with Crippen molar-refractivity contribution in [2.45, 2.75) is 31.5 Å². The Labute approximate surface area is 63.9 Å². The van der Waals surface area contributed by atoms with Crippen molar-refractivity contribution in [3.05, 3.63) is 0 Å². The molecule has 0 aromatic carbocycles. The summed E-state index contributed by atoms with van der Waals surface area (Å²) < 4.78 is 13.0. The van der Waals surface area contributed by atoms with E-state index in [4.69, 9.17) is 4.84 Å². The second-order valence-corrected chi connectivity index (χ2v) is 3.10. The molecule has 1 saturated heterocycles. The number of hydrogen-bond donors (Lipinski definition) is 1. The van der Waals surface area contributed by atoms with Crippen molar-refractivity contribution in [2.24, 2.45) is 5.92 Å². The third kappa shape index (κ3) is 1.01. The summed E-state index contributed by atoms with van der Waals surface area (Å²) in [6.45, 7) is 0. The first-order valence-corrected chi connectivity index (χ1v) is 3.88. The van der Waals surface area contributed by atoms with E-state index in [1.165, 1.54) is 0 Å². The van der Waals surface area contributed by atoms with Crippen LogP contribution in [0.5, 0.6) is 0 Å². The number of nitrogens with one attached hydrogen (secondary N) is 1. The van der Waals surface area contributed by atoms with Gasteiger partial charge in [-0.2, -0.15) is 0 Å². The van der Waals surface area contributed by atoms with Crippen LogP contribution in [0.15, 0.2) is 0 Å². The summed E-state index contributed by atoms with van der Waals surface area (Å²) in [5, 5.41) is 0. The van der Waals surface area contributed by atoms with Crippen LogP contribution in [0.3, 0.4) is 0 Å². The fourth-order valence-electron chi connectivity index (χ4n) is 1.77. The third-order valence-corrected chi connectivity index (χ3v) is 2.37. The summed E-state index contributed by atoms with van der Waals surface area (Å²) in [6, 6.07) is 0. The van der Waals surface area contributed by atoms with Crippen molar-refractivity contribution >= 4 is 5.91 Å². The smallest absolute Gasteiger partial charge is 0.252 e. The molecule has 0 spiro atoms. The van der Waals surface area contributed by atoms with Crippen LogP contribution < -0.4 is 5.48 Å². The van der Waals surface area contributed by atoms with Crippen LogP contribution in [0.1, 0.15) is 19.3 Å². The molecule has 3 atom stereocenters. The highest BCUT2D eigenvalue weighted by Crippen LogP contribution is 2.32. The number of hydrogen-bond acceptors (Lipinski definition) is 2. The Kier molecular flexibility index (Phi) is 1.56. The summed E-state index contributed by atoms with van der Waals surface area (Å²) in [5.74, 6) is -0.828. The lowest BCUT2D eigenvalue weighted by molar-refractivity contribution is -0.127. The van der Waals surface area contributed by atoms with E-state index in [1.54, 1.807) is 0 Å². The number of rotatable bonds is 0. The van der Waals surface area contributed by atoms with Gasteiger partial charge in [-0.1, -0.05) is 0 Å². The lowest BCUT2D eigenvalue weighted by Crippen LogP contribution is -2.34. The predicted octanol–water partition coefficient (Wildman–Crippen LogP) is 0.555. The Morgan fingerprint density at radius 1 is 1.55 bits per heavy atom. The van der Waals surface area contributed by atoms with Gasteiger partial charge in [0.1, 0.15) is 6.17 Å². The SMILES string of the molecule is O=C1NOC2CCCC(F)C12. The van der Waals surface area contributed by atoms with Crippen molar-refractivity contribution in [1.82, 2.24) is 5.48 Å². The normalized spacial score (nSPS) is 43.4. The van der Waals surface area contributed by atoms with Gasteiger partial charge in [-0.25, -0.2) is 9.87 Å². The maximum Gasteiger partial charge on any atom is 0.252 e. The summed E-state index contributed by atoms with van der Waals surface area (Å²) in [4.78, 5) is 15.8. The first-order valence-electron chi connectivity index (χ1n) is 3.88. The number of halogens is 1. The molecule has 2 fully saturated rings. The molecule has 0 aromatic rings. The average molecular weight is 159 g/mol. The van der Waals surface area contributed by atoms with Crippen LogP contribution in [0.2, 0.25) is 0 Å². The Hall–Kier alpha value is -0.640. The van der Waals surface area contributed by atoms with Gasteiger partial charge >= 0.3 is 0 Å². The molecule has 1 N–H and O–H groups in total. The van der Waals surface area contributed by atoms with Crippen molar-refractivity contribution in [1.29, 1.82) is 0 Å². The molecule has 3 nitrogen and oxygen atoms in total. The number of hydroxylamine groups is 1. The summed E-state index contributed by atoms with van der Waals surface area (Å²) in [7, 11) is 0. The zero-order valence-electron chi connectivity index (χ0n) is 6.05. The van der Waals surface area contributed by atoms with E-state index in [0.717, 1.165) is 12.8 Å². The van der Waals surface area contributed by atoms with Gasteiger partial charge < -0.3 is 0 Å². The van der Waals surface area contributed by atoms with Gasteiger partial charge in [0.15, 0.2) is 0 Å². The second-order valence-electron chi connectivity index (χ2n) is 3.10. The van der Waals surface area contributed by atoms with Crippen molar-refractivity contribution < 1.29 is 14.0 Å². The van der Waals surface area contributed by atoms with Crippen molar-refractivity contribution in [3.63, 3.8) is 0 Å². The molecule has 62 valence electrons. The number of carbonyl (C=O) groups excluding carboxylic acids is 1. The molecule has 1 aliphatic carbocycles. The minimum atomic E-state index is -1.00. The van der Waals surface area contributed by atoms with Gasteiger partial charge in [0.25, 0.3) is 5.91 Å². The Morgan fingerprint density at radius 2 is 2.36 bits per heavy atom. The zero-order chi connectivity index (χ0) is 7.84. The van der Waals surface area contributed by atoms with Crippen LogP contribution in [0.4, 0.5) is 4.39 Å². The molecule has 1 saturated carbocycles. The van der Waals surface area contributed by atoms with E-state index in [2.05, 4.69) is 5.48 Å². The second kappa shape index (κ2) is 2.44. The molecule has 1 aliphatic heterocycles. The van der Waals surface area contributed by atoms with Crippen LogP contribution in [0, 0.1) is 5.92 Å². The third-order valence-electron chi connectivity index (χ3n) is 2.37. The van der Waals surface area contributed by atoms with Crippen LogP contribution in [0.25, 0.3) is 0 Å². The van der Waals surface area contributed by atoms with E-state index in [9.17, 15) is 9.18 Å². The predicted molar refractivity (Wildman–Crippen MR) is 35.3 cm³/mol. The lowest BCUT2D eigenvalue weighted by atomic mass is 9.85. The molecule has 3 unspecified atom stereocenters. The summed E-state index contributed by atoms with van der Waals surface area (Å²) in [6.07, 6.45) is 0.890. The Balaban J connectivity index is 2.14. The molecule has 4 heteroatoms. The maximum atomic E-state index is 13.0. The van der Waals surface area contributed by atoms with Crippen LogP contribution in [-0.4, -0.2) is 18.2 Å². The standard InChI is InChI=1S/C7H10FNO2/c8-4-2-1-3-5-6(4)7(10)9-11-5/h4-6H,1-3H2,(H,9,10). The lowest BCUT2D eigenvalue weighted by Gasteiger charge is -2.23. The largest absolute Gasteiger partial charge is 0.272 e. The van der Waals surface area contributed by atoms with Crippen molar-refractivity contribution in [2.75, 3.05) is 0 Å². The maximum absolute atomic E-state index is 13.0. The molecule has 1 heterocycles. The van der Waals surface area contributed by atoms with Gasteiger partial charge in [-0.15, -0.1) is 0 Å². The number of carbonyl (C=O) groups is 1. The fourth-order valence-corrected chi connectivity index (χ4v) is 1.77. The van der Waals surface area contributed by atoms with Crippen molar-refractivity contribution in [3.8, 4) is 0 Å². The first-order chi connectivity index (χ1) is 5.29. The highest BCUT2D eigenvalue weighted by atomic mass is 19.1. The van der Waals surface area contributed by atoms with Gasteiger partial charge in [0.2, 0.25) is 0 Å². The molecule has 2 rings (SSSR count). The van der Waals surface area contributed by atoms with E-state index < -0.39 is 12.1 Å². The van der Waals surface area contributed by atoms with E-state index in [-0.39, 0.29) is 12.0 Å². The van der Waals surface area contributed by atoms with Crippen LogP contribution >= 0.6 is 0 Å². The molecular weight excluding hydrogens is 149 g/mol. The molecule has 1 amide bonds. The Bertz CT molecular complexity index is 185. The van der Waals surface area contributed by atoms with Crippen LogP contribution in [-0.2, 0) is 9.63 Å². The quantitative estimate of drug-likeness (QED) is 0.560. The minimum absolute atomic E-state index is 0.216. The van der Waals surface area contributed by atoms with Gasteiger partial charge in [-0.3, -0.25) is 9.63 Å².